The van der Waals surface area contributed by atoms with Crippen LogP contribution in [0.3, 0.4) is 0 Å². The smallest absolute Gasteiger partial charge is 0.274 e. The average molecular weight is 415 g/mol. The molecule has 1 unspecified atom stereocenters. The third kappa shape index (κ3) is 4.31. The van der Waals surface area contributed by atoms with Crippen molar-refractivity contribution >= 4 is 28.2 Å². The predicted molar refractivity (Wildman–Crippen MR) is 116 cm³/mol. The van der Waals surface area contributed by atoms with E-state index in [9.17, 15) is 9.59 Å². The number of Topliss-reactive ketones (excluding diaryl/α,β-unsaturated/α-hetero) is 1. The highest BCUT2D eigenvalue weighted by Crippen LogP contribution is 2.36. The summed E-state index contributed by atoms with van der Waals surface area (Å²) in [5, 5.41) is 5.54. The molecule has 2 aromatic rings. The number of likely N-dealkylation sites (tertiary alicyclic amines) is 1. The lowest BCUT2D eigenvalue weighted by atomic mass is 9.75. The molecular weight excluding hydrogens is 384 g/mol. The summed E-state index contributed by atoms with van der Waals surface area (Å²) >= 11 is 1.45. The Morgan fingerprint density at radius 2 is 2.21 bits per heavy atom. The Morgan fingerprint density at radius 1 is 1.41 bits per heavy atom. The van der Waals surface area contributed by atoms with Gasteiger partial charge in [-0.2, -0.15) is 0 Å². The van der Waals surface area contributed by atoms with Gasteiger partial charge >= 0.3 is 0 Å². The summed E-state index contributed by atoms with van der Waals surface area (Å²) in [5.41, 5.74) is 3.73. The highest BCUT2D eigenvalue weighted by molar-refractivity contribution is 7.14. The lowest BCUT2D eigenvalue weighted by Gasteiger charge is -2.30. The van der Waals surface area contributed by atoms with Crippen LogP contribution in [0.5, 0.6) is 0 Å². The van der Waals surface area contributed by atoms with Crippen molar-refractivity contribution in [3.05, 3.63) is 33.6 Å². The number of amides is 1. The number of carbonyl (C=O) groups excluding carboxylic acids is 2. The number of thiazole rings is 1. The maximum atomic E-state index is 12.9. The molecule has 0 saturated carbocycles. The molecule has 6 nitrogen and oxygen atoms in total. The van der Waals surface area contributed by atoms with Gasteiger partial charge in [-0.05, 0) is 49.6 Å². The van der Waals surface area contributed by atoms with Gasteiger partial charge in [-0.3, -0.25) is 19.8 Å². The summed E-state index contributed by atoms with van der Waals surface area (Å²) in [6, 6.07) is 0. The molecule has 7 heteroatoms. The molecule has 1 saturated heterocycles. The molecule has 1 fully saturated rings. The topological polar surface area (TPSA) is 78.1 Å². The SMILES string of the molecule is Cc1c(C(=O)Nc2nc(CN3CCCC(C)C3)cs2)[nH]c2c1C(=O)CC(C)(C)C2. The number of H-pyrrole nitrogens is 1. The summed E-state index contributed by atoms with van der Waals surface area (Å²) in [4.78, 5) is 35.7. The zero-order valence-corrected chi connectivity index (χ0v) is 18.5. The van der Waals surface area contributed by atoms with Gasteiger partial charge in [-0.25, -0.2) is 4.98 Å². The zero-order chi connectivity index (χ0) is 20.8. The van der Waals surface area contributed by atoms with Crippen molar-refractivity contribution in [3.63, 3.8) is 0 Å². The number of rotatable bonds is 4. The van der Waals surface area contributed by atoms with Crippen molar-refractivity contribution in [2.75, 3.05) is 18.4 Å². The van der Waals surface area contributed by atoms with E-state index < -0.39 is 0 Å². The van der Waals surface area contributed by atoms with E-state index in [1.807, 2.05) is 12.3 Å². The molecule has 156 valence electrons. The van der Waals surface area contributed by atoms with E-state index in [4.69, 9.17) is 0 Å². The third-order valence-electron chi connectivity index (χ3n) is 6.03. The van der Waals surface area contributed by atoms with E-state index in [-0.39, 0.29) is 17.1 Å². The molecule has 1 aliphatic carbocycles. The van der Waals surface area contributed by atoms with E-state index in [1.165, 1.54) is 24.2 Å². The van der Waals surface area contributed by atoms with Crippen LogP contribution in [0.4, 0.5) is 5.13 Å². The Balaban J connectivity index is 1.45. The van der Waals surface area contributed by atoms with Crippen LogP contribution in [0.25, 0.3) is 0 Å². The lowest BCUT2D eigenvalue weighted by Crippen LogP contribution is -2.33. The fourth-order valence-electron chi connectivity index (χ4n) is 4.72. The predicted octanol–water partition coefficient (Wildman–Crippen LogP) is 4.42. The lowest BCUT2D eigenvalue weighted by molar-refractivity contribution is 0.0910. The molecule has 1 amide bonds. The number of hydrogen-bond acceptors (Lipinski definition) is 5. The third-order valence-corrected chi connectivity index (χ3v) is 6.83. The molecule has 3 heterocycles. The van der Waals surface area contributed by atoms with Crippen LogP contribution >= 0.6 is 11.3 Å². The standard InChI is InChI=1S/C22H30N4O2S/c1-13-6-5-7-26(10-13)11-15-12-29-21(23-15)25-20(28)19-14(2)18-16(24-19)8-22(3,4)9-17(18)27/h12-13,24H,5-11H2,1-4H3,(H,23,25,28). The first kappa shape index (κ1) is 20.3. The quantitative estimate of drug-likeness (QED) is 0.776. The number of ketones is 1. The van der Waals surface area contributed by atoms with Gasteiger partial charge in [0.05, 0.1) is 5.69 Å². The maximum Gasteiger partial charge on any atom is 0.274 e. The van der Waals surface area contributed by atoms with Gasteiger partial charge < -0.3 is 4.98 Å². The van der Waals surface area contributed by atoms with Gasteiger partial charge in [-0.15, -0.1) is 11.3 Å². The van der Waals surface area contributed by atoms with Gasteiger partial charge in [-0.1, -0.05) is 20.8 Å². The molecule has 4 rings (SSSR count). The Kier molecular flexibility index (Phi) is 5.38. The van der Waals surface area contributed by atoms with Crippen molar-refractivity contribution in [1.29, 1.82) is 0 Å². The van der Waals surface area contributed by atoms with E-state index in [2.05, 4.69) is 41.0 Å². The molecule has 29 heavy (non-hydrogen) atoms. The highest BCUT2D eigenvalue weighted by atomic mass is 32.1. The molecule has 0 aromatic carbocycles. The Labute approximate surface area is 176 Å². The van der Waals surface area contributed by atoms with Gasteiger partial charge in [0.2, 0.25) is 0 Å². The van der Waals surface area contributed by atoms with Gasteiger partial charge in [0.1, 0.15) is 5.69 Å². The minimum Gasteiger partial charge on any atom is -0.354 e. The molecule has 2 aliphatic rings. The largest absolute Gasteiger partial charge is 0.354 e. The van der Waals surface area contributed by atoms with Crippen LogP contribution in [0, 0.1) is 18.3 Å². The normalized spacial score (nSPS) is 21.8. The van der Waals surface area contributed by atoms with Crippen LogP contribution in [-0.2, 0) is 13.0 Å². The summed E-state index contributed by atoms with van der Waals surface area (Å²) in [6.45, 7) is 11.4. The van der Waals surface area contributed by atoms with Crippen LogP contribution in [0.2, 0.25) is 0 Å². The highest BCUT2D eigenvalue weighted by Gasteiger charge is 2.35. The maximum absolute atomic E-state index is 12.9. The van der Waals surface area contributed by atoms with Crippen molar-refractivity contribution in [2.24, 2.45) is 11.3 Å². The number of carbonyl (C=O) groups is 2. The summed E-state index contributed by atoms with van der Waals surface area (Å²) < 4.78 is 0. The second-order valence-electron chi connectivity index (χ2n) is 9.50. The van der Waals surface area contributed by atoms with E-state index in [1.54, 1.807) is 0 Å². The minimum absolute atomic E-state index is 0.0781. The Hall–Kier alpha value is -1.99. The molecule has 2 N–H and O–H groups in total. The van der Waals surface area contributed by atoms with Gasteiger partial charge in [0.15, 0.2) is 10.9 Å². The number of nitrogens with zero attached hydrogens (tertiary/aromatic N) is 2. The number of nitrogens with one attached hydrogen (secondary N) is 2. The minimum atomic E-state index is -0.227. The number of anilines is 1. The number of aromatic nitrogens is 2. The molecule has 0 radical (unpaired) electrons. The van der Waals surface area contributed by atoms with E-state index in [0.29, 0.717) is 22.8 Å². The summed E-state index contributed by atoms with van der Waals surface area (Å²) in [6.07, 6.45) is 3.83. The number of aromatic amines is 1. The van der Waals surface area contributed by atoms with E-state index in [0.717, 1.165) is 48.9 Å². The molecular formula is C22H30N4O2S. The molecule has 2 aromatic heterocycles. The molecule has 0 bridgehead atoms. The first-order valence-electron chi connectivity index (χ1n) is 10.4. The number of fused-ring (bicyclic) bond motifs is 1. The van der Waals surface area contributed by atoms with E-state index >= 15 is 0 Å². The first-order chi connectivity index (χ1) is 13.7. The molecule has 1 aliphatic heterocycles. The number of piperidine rings is 1. The monoisotopic (exact) mass is 414 g/mol. The average Bonchev–Trinajstić information content (AvgIpc) is 3.18. The van der Waals surface area contributed by atoms with Crippen molar-refractivity contribution in [2.45, 2.75) is 59.9 Å². The zero-order valence-electron chi connectivity index (χ0n) is 17.7. The molecule has 0 spiro atoms. The fraction of sp³-hybridized carbons (Fsp3) is 0.591. The fourth-order valence-corrected chi connectivity index (χ4v) is 5.41. The number of hydrogen-bond donors (Lipinski definition) is 2. The second-order valence-corrected chi connectivity index (χ2v) is 10.4. The summed E-state index contributed by atoms with van der Waals surface area (Å²) in [5.74, 6) is 0.627. The molecule has 1 atom stereocenters. The summed E-state index contributed by atoms with van der Waals surface area (Å²) in [7, 11) is 0. The Morgan fingerprint density at radius 3 is 2.97 bits per heavy atom. The van der Waals surface area contributed by atoms with Crippen molar-refractivity contribution < 1.29 is 9.59 Å². The van der Waals surface area contributed by atoms with Crippen molar-refractivity contribution in [3.8, 4) is 0 Å². The van der Waals surface area contributed by atoms with Crippen LogP contribution in [-0.4, -0.2) is 39.6 Å². The van der Waals surface area contributed by atoms with Crippen LogP contribution in [0.15, 0.2) is 5.38 Å². The van der Waals surface area contributed by atoms with Gasteiger partial charge in [0, 0.05) is 36.1 Å². The second kappa shape index (κ2) is 7.69. The van der Waals surface area contributed by atoms with Gasteiger partial charge in [0.25, 0.3) is 5.91 Å². The Bertz CT molecular complexity index is 943. The van der Waals surface area contributed by atoms with Crippen LogP contribution in [0.1, 0.15) is 77.8 Å². The van der Waals surface area contributed by atoms with Crippen LogP contribution < -0.4 is 5.32 Å². The van der Waals surface area contributed by atoms with Crippen molar-refractivity contribution in [1.82, 2.24) is 14.9 Å². The first-order valence-corrected chi connectivity index (χ1v) is 11.3.